The summed E-state index contributed by atoms with van der Waals surface area (Å²) in [4.78, 5) is 25.6. The Morgan fingerprint density at radius 3 is 2.79 bits per heavy atom. The maximum atomic E-state index is 11.3. The minimum atomic E-state index is -1.36. The molecule has 1 heterocycles. The second-order valence-electron chi connectivity index (χ2n) is 3.29. The van der Waals surface area contributed by atoms with E-state index in [-0.39, 0.29) is 51.4 Å². The van der Waals surface area contributed by atoms with Crippen LogP contribution >= 0.6 is 22.9 Å². The molecule has 0 radical (unpaired) electrons. The predicted molar refractivity (Wildman–Crippen MR) is 66.7 cm³/mol. The van der Waals surface area contributed by atoms with Gasteiger partial charge in [0, 0.05) is 0 Å². The zero-order chi connectivity index (χ0) is 13.1. The molecule has 0 unspecified atom stereocenters. The Morgan fingerprint density at radius 2 is 2.16 bits per heavy atom. The van der Waals surface area contributed by atoms with Gasteiger partial charge in [0.25, 0.3) is 0 Å². The van der Waals surface area contributed by atoms with Gasteiger partial charge in [-0.1, -0.05) is 29.0 Å². The summed E-state index contributed by atoms with van der Waals surface area (Å²) in [5.74, 6) is -1.36. The molecule has 0 saturated carbocycles. The molecule has 0 spiro atoms. The number of urea groups is 1. The average molecular weight is 324 g/mol. The van der Waals surface area contributed by atoms with Gasteiger partial charge in [-0.05, 0) is 12.1 Å². The van der Waals surface area contributed by atoms with E-state index in [0.717, 1.165) is 4.70 Å². The van der Waals surface area contributed by atoms with Crippen LogP contribution in [0.5, 0.6) is 0 Å². The fourth-order valence-corrected chi connectivity index (χ4v) is 2.42. The Balaban J connectivity index is 0.00000180. The van der Waals surface area contributed by atoms with Crippen LogP contribution in [0.4, 0.5) is 9.93 Å². The van der Waals surface area contributed by atoms with Crippen molar-refractivity contribution in [2.45, 2.75) is 0 Å². The third-order valence-electron chi connectivity index (χ3n) is 1.98. The first-order valence-electron chi connectivity index (χ1n) is 4.86. The van der Waals surface area contributed by atoms with E-state index in [0.29, 0.717) is 15.7 Å². The van der Waals surface area contributed by atoms with Gasteiger partial charge in [-0.15, -0.1) is 0 Å². The number of thiazole rings is 1. The molecule has 0 aliphatic carbocycles. The molecule has 2 amide bonds. The molecule has 0 fully saturated rings. The number of nitrogens with one attached hydrogen (secondary N) is 2. The standard InChI is InChI=1S/C10H8ClN3O3S.K/c11-5-2-1-3-6-8(5)13-10(18-6)14-9(17)12-4-7(15)16;/h1-3H,4H2,(H,15,16)(H2,12,13,14,17);/q;+1/p-1. The zero-order valence-electron chi connectivity index (χ0n) is 9.90. The maximum absolute atomic E-state index is 11.3. The van der Waals surface area contributed by atoms with Gasteiger partial charge in [-0.25, -0.2) is 9.78 Å². The van der Waals surface area contributed by atoms with E-state index >= 15 is 0 Å². The first-order chi connectivity index (χ1) is 8.56. The number of nitrogens with zero attached hydrogens (tertiary/aromatic N) is 1. The van der Waals surface area contributed by atoms with Gasteiger partial charge in [-0.2, -0.15) is 0 Å². The summed E-state index contributed by atoms with van der Waals surface area (Å²) >= 11 is 7.18. The van der Waals surface area contributed by atoms with Crippen molar-refractivity contribution in [2.75, 3.05) is 11.9 Å². The number of carboxylic acid groups (broad SMARTS) is 1. The molecular formula is C10H7ClKN3O3S. The van der Waals surface area contributed by atoms with Crippen molar-refractivity contribution in [3.8, 4) is 0 Å². The van der Waals surface area contributed by atoms with Crippen LogP contribution in [-0.4, -0.2) is 23.5 Å². The molecule has 0 bridgehead atoms. The van der Waals surface area contributed by atoms with E-state index in [2.05, 4.69) is 15.6 Å². The van der Waals surface area contributed by atoms with E-state index in [1.807, 2.05) is 6.07 Å². The number of hydrogen-bond acceptors (Lipinski definition) is 5. The Labute approximate surface area is 160 Å². The zero-order valence-corrected chi connectivity index (χ0v) is 14.6. The van der Waals surface area contributed by atoms with Crippen molar-refractivity contribution >= 4 is 50.3 Å². The number of para-hydroxylation sites is 1. The van der Waals surface area contributed by atoms with Crippen LogP contribution in [0.3, 0.4) is 0 Å². The second-order valence-corrected chi connectivity index (χ2v) is 4.72. The normalized spacial score (nSPS) is 9.74. The number of rotatable bonds is 3. The van der Waals surface area contributed by atoms with Crippen molar-refractivity contribution in [3.63, 3.8) is 0 Å². The summed E-state index contributed by atoms with van der Waals surface area (Å²) < 4.78 is 0.831. The van der Waals surface area contributed by atoms with Gasteiger partial charge < -0.3 is 15.2 Å². The van der Waals surface area contributed by atoms with Gasteiger partial charge in [0.05, 0.1) is 22.2 Å². The number of amides is 2. The number of fused-ring (bicyclic) bond motifs is 1. The van der Waals surface area contributed by atoms with Crippen molar-refractivity contribution < 1.29 is 66.1 Å². The molecular weight excluding hydrogens is 317 g/mol. The molecule has 94 valence electrons. The molecule has 1 aromatic heterocycles. The second kappa shape index (κ2) is 7.53. The Morgan fingerprint density at radius 1 is 1.42 bits per heavy atom. The van der Waals surface area contributed by atoms with E-state index in [9.17, 15) is 14.7 Å². The van der Waals surface area contributed by atoms with E-state index in [4.69, 9.17) is 11.6 Å². The molecule has 0 aliphatic heterocycles. The Bertz CT molecular complexity index is 619. The number of benzene rings is 1. The minimum Gasteiger partial charge on any atom is -0.548 e. The van der Waals surface area contributed by atoms with Gasteiger partial charge in [-0.3, -0.25) is 5.32 Å². The molecule has 6 nitrogen and oxygen atoms in total. The summed E-state index contributed by atoms with van der Waals surface area (Å²) in [6, 6.07) is 4.64. The topological polar surface area (TPSA) is 94.1 Å². The summed E-state index contributed by atoms with van der Waals surface area (Å²) in [6.45, 7) is -0.558. The first-order valence-corrected chi connectivity index (χ1v) is 6.05. The summed E-state index contributed by atoms with van der Waals surface area (Å²) in [5, 5.41) is 15.5. The van der Waals surface area contributed by atoms with E-state index in [1.54, 1.807) is 12.1 Å². The SMILES string of the molecule is O=C([O-])CNC(=O)Nc1nc2c(Cl)cccc2s1.[K+]. The number of carbonyl (C=O) groups is 2. The fourth-order valence-electron chi connectivity index (χ4n) is 1.26. The van der Waals surface area contributed by atoms with Gasteiger partial charge >= 0.3 is 57.4 Å². The van der Waals surface area contributed by atoms with Gasteiger partial charge in [0.15, 0.2) is 5.13 Å². The summed E-state index contributed by atoms with van der Waals surface area (Å²) in [6.07, 6.45) is 0. The monoisotopic (exact) mass is 323 g/mol. The van der Waals surface area contributed by atoms with Crippen molar-refractivity contribution in [1.82, 2.24) is 10.3 Å². The molecule has 0 atom stereocenters. The minimum absolute atomic E-state index is 0. The summed E-state index contributed by atoms with van der Waals surface area (Å²) in [7, 11) is 0. The summed E-state index contributed by atoms with van der Waals surface area (Å²) in [5.41, 5.74) is 0.597. The van der Waals surface area contributed by atoms with E-state index in [1.165, 1.54) is 11.3 Å². The van der Waals surface area contributed by atoms with Gasteiger partial charge in [0.2, 0.25) is 0 Å². The largest absolute Gasteiger partial charge is 1.00 e. The van der Waals surface area contributed by atoms with Gasteiger partial charge in [0.1, 0.15) is 5.52 Å². The molecule has 0 saturated heterocycles. The molecule has 2 N–H and O–H groups in total. The maximum Gasteiger partial charge on any atom is 1.00 e. The van der Waals surface area contributed by atoms with Crippen LogP contribution in [0, 0.1) is 0 Å². The van der Waals surface area contributed by atoms with Crippen molar-refractivity contribution in [3.05, 3.63) is 23.2 Å². The van der Waals surface area contributed by atoms with Crippen LogP contribution in [0.15, 0.2) is 18.2 Å². The molecule has 9 heteroatoms. The Kier molecular flexibility index (Phi) is 6.67. The average Bonchev–Trinajstić information content (AvgIpc) is 2.70. The third-order valence-corrected chi connectivity index (χ3v) is 3.22. The number of aromatic nitrogens is 1. The van der Waals surface area contributed by atoms with Crippen LogP contribution in [0.1, 0.15) is 0 Å². The quantitative estimate of drug-likeness (QED) is 0.628. The number of carbonyl (C=O) groups excluding carboxylic acids is 2. The molecule has 19 heavy (non-hydrogen) atoms. The molecule has 1 aromatic carbocycles. The van der Waals surface area contributed by atoms with Crippen LogP contribution in [-0.2, 0) is 4.79 Å². The molecule has 0 aliphatic rings. The van der Waals surface area contributed by atoms with Crippen molar-refractivity contribution in [2.24, 2.45) is 0 Å². The smallest absolute Gasteiger partial charge is 0.548 e. The predicted octanol–water partition coefficient (Wildman–Crippen LogP) is -2.17. The molecule has 2 rings (SSSR count). The number of anilines is 1. The number of halogens is 1. The number of aliphatic carboxylic acids is 1. The number of carboxylic acids is 1. The van der Waals surface area contributed by atoms with Crippen molar-refractivity contribution in [1.29, 1.82) is 0 Å². The molecule has 2 aromatic rings. The number of hydrogen-bond donors (Lipinski definition) is 2. The fraction of sp³-hybridized carbons (Fsp3) is 0.100. The van der Waals surface area contributed by atoms with E-state index < -0.39 is 18.5 Å². The van der Waals surface area contributed by atoms with Crippen LogP contribution in [0.2, 0.25) is 5.02 Å². The third kappa shape index (κ3) is 4.67. The Hall–Kier alpha value is -0.224. The van der Waals surface area contributed by atoms with Crippen LogP contribution in [0.25, 0.3) is 10.2 Å². The van der Waals surface area contributed by atoms with Crippen LogP contribution < -0.4 is 67.1 Å². The first kappa shape index (κ1) is 16.8.